The van der Waals surface area contributed by atoms with E-state index in [1.807, 2.05) is 19.1 Å². The van der Waals surface area contributed by atoms with E-state index in [1.54, 1.807) is 22.9 Å². The molecular weight excluding hydrogens is 330 g/mol. The first-order valence-corrected chi connectivity index (χ1v) is 8.21. The Labute approximate surface area is 144 Å². The summed E-state index contributed by atoms with van der Waals surface area (Å²) in [5.41, 5.74) is 1.79. The van der Waals surface area contributed by atoms with Crippen LogP contribution < -0.4 is 0 Å². The van der Waals surface area contributed by atoms with E-state index in [0.29, 0.717) is 18.0 Å². The number of halogens is 1. The summed E-state index contributed by atoms with van der Waals surface area (Å²) in [6, 6.07) is 8.09. The molecule has 2 heterocycles. The zero-order valence-corrected chi connectivity index (χ0v) is 14.0. The maximum atomic E-state index is 12.7. The zero-order chi connectivity index (χ0) is 17.3. The van der Waals surface area contributed by atoms with Gasteiger partial charge >= 0.3 is 5.97 Å². The first-order valence-electron chi connectivity index (χ1n) is 7.84. The van der Waals surface area contributed by atoms with E-state index < -0.39 is 12.0 Å². The lowest BCUT2D eigenvalue weighted by Gasteiger charge is -2.32. The van der Waals surface area contributed by atoms with Crippen LogP contribution in [0.1, 0.15) is 35.4 Å². The highest BCUT2D eigenvalue weighted by Crippen LogP contribution is 2.21. The Kier molecular flexibility index (Phi) is 4.57. The molecule has 0 bridgehead atoms. The molecule has 1 aliphatic rings. The average molecular weight is 348 g/mol. The van der Waals surface area contributed by atoms with Crippen LogP contribution in [0.25, 0.3) is 5.69 Å². The van der Waals surface area contributed by atoms with Gasteiger partial charge in [0.2, 0.25) is 0 Å². The molecule has 1 N–H and O–H groups in total. The average Bonchev–Trinajstić information content (AvgIpc) is 2.96. The van der Waals surface area contributed by atoms with Gasteiger partial charge in [-0.1, -0.05) is 17.7 Å². The molecule has 0 spiro atoms. The molecule has 24 heavy (non-hydrogen) atoms. The summed E-state index contributed by atoms with van der Waals surface area (Å²) in [7, 11) is 0. The summed E-state index contributed by atoms with van der Waals surface area (Å²) >= 11 is 6.01. The summed E-state index contributed by atoms with van der Waals surface area (Å²) in [6.07, 6.45) is 2.11. The lowest BCUT2D eigenvalue weighted by molar-refractivity contribution is -0.143. The van der Waals surface area contributed by atoms with Crippen LogP contribution in [0, 0.1) is 6.92 Å². The van der Waals surface area contributed by atoms with Gasteiger partial charge in [0.25, 0.3) is 5.91 Å². The molecule has 6 nitrogen and oxygen atoms in total. The Morgan fingerprint density at radius 2 is 2.08 bits per heavy atom. The largest absolute Gasteiger partial charge is 0.480 e. The maximum absolute atomic E-state index is 12.7. The second-order valence-corrected chi connectivity index (χ2v) is 6.35. The molecule has 0 aliphatic carbocycles. The van der Waals surface area contributed by atoms with Crippen LogP contribution in [-0.2, 0) is 4.79 Å². The topological polar surface area (TPSA) is 75.4 Å². The number of piperidine rings is 1. The van der Waals surface area contributed by atoms with Gasteiger partial charge in [-0.05, 0) is 50.5 Å². The number of aryl methyl sites for hydroxylation is 1. The van der Waals surface area contributed by atoms with Crippen LogP contribution >= 0.6 is 11.6 Å². The van der Waals surface area contributed by atoms with Crippen molar-refractivity contribution in [3.05, 3.63) is 46.7 Å². The minimum atomic E-state index is -0.964. The van der Waals surface area contributed by atoms with Crippen molar-refractivity contribution in [2.45, 2.75) is 32.2 Å². The fourth-order valence-electron chi connectivity index (χ4n) is 3.03. The van der Waals surface area contributed by atoms with Crippen LogP contribution in [-0.4, -0.2) is 44.3 Å². The van der Waals surface area contributed by atoms with Gasteiger partial charge in [-0.3, -0.25) is 4.79 Å². The number of carbonyl (C=O) groups excluding carboxylic acids is 1. The number of carbonyl (C=O) groups is 2. The number of benzene rings is 1. The monoisotopic (exact) mass is 347 g/mol. The SMILES string of the molecule is Cc1cc(C(=O)N2CCCCC2C(=O)O)nn1-c1cccc(Cl)c1. The molecule has 1 atom stereocenters. The number of likely N-dealkylation sites (tertiary alicyclic amines) is 1. The molecule has 1 unspecified atom stereocenters. The molecule has 1 amide bonds. The number of aromatic nitrogens is 2. The van der Waals surface area contributed by atoms with Gasteiger partial charge in [-0.25, -0.2) is 9.48 Å². The van der Waals surface area contributed by atoms with E-state index in [9.17, 15) is 14.7 Å². The van der Waals surface area contributed by atoms with E-state index in [0.717, 1.165) is 24.2 Å². The van der Waals surface area contributed by atoms with Crippen molar-refractivity contribution in [1.29, 1.82) is 0 Å². The Morgan fingerprint density at radius 1 is 1.29 bits per heavy atom. The van der Waals surface area contributed by atoms with Crippen molar-refractivity contribution in [2.24, 2.45) is 0 Å². The lowest BCUT2D eigenvalue weighted by atomic mass is 10.0. The molecule has 7 heteroatoms. The minimum Gasteiger partial charge on any atom is -0.480 e. The number of carboxylic acid groups (broad SMARTS) is 1. The van der Waals surface area contributed by atoms with Gasteiger partial charge in [-0.2, -0.15) is 5.10 Å². The highest BCUT2D eigenvalue weighted by molar-refractivity contribution is 6.30. The quantitative estimate of drug-likeness (QED) is 0.926. The van der Waals surface area contributed by atoms with Crippen molar-refractivity contribution >= 4 is 23.5 Å². The van der Waals surface area contributed by atoms with Crippen molar-refractivity contribution in [3.63, 3.8) is 0 Å². The maximum Gasteiger partial charge on any atom is 0.326 e. The van der Waals surface area contributed by atoms with Crippen LogP contribution in [0.15, 0.2) is 30.3 Å². The van der Waals surface area contributed by atoms with Crippen LogP contribution in [0.4, 0.5) is 0 Å². The van der Waals surface area contributed by atoms with Crippen molar-refractivity contribution < 1.29 is 14.7 Å². The van der Waals surface area contributed by atoms with Gasteiger partial charge in [-0.15, -0.1) is 0 Å². The zero-order valence-electron chi connectivity index (χ0n) is 13.3. The van der Waals surface area contributed by atoms with E-state index in [1.165, 1.54) is 4.90 Å². The van der Waals surface area contributed by atoms with Crippen LogP contribution in [0.5, 0.6) is 0 Å². The van der Waals surface area contributed by atoms with Gasteiger partial charge in [0, 0.05) is 17.3 Å². The fourth-order valence-corrected chi connectivity index (χ4v) is 3.21. The lowest BCUT2D eigenvalue weighted by Crippen LogP contribution is -2.48. The predicted octanol–water partition coefficient (Wildman–Crippen LogP) is 2.91. The number of rotatable bonds is 3. The normalized spacial score (nSPS) is 17.8. The third kappa shape index (κ3) is 3.14. The Morgan fingerprint density at radius 3 is 2.79 bits per heavy atom. The van der Waals surface area contributed by atoms with Crippen LogP contribution in [0.3, 0.4) is 0 Å². The molecule has 1 aromatic carbocycles. The Bertz CT molecular complexity index is 787. The molecule has 126 valence electrons. The highest BCUT2D eigenvalue weighted by atomic mass is 35.5. The Hall–Kier alpha value is -2.34. The van der Waals surface area contributed by atoms with Crippen molar-refractivity contribution in [1.82, 2.24) is 14.7 Å². The van der Waals surface area contributed by atoms with E-state index in [-0.39, 0.29) is 11.6 Å². The molecular formula is C17H18ClN3O3. The smallest absolute Gasteiger partial charge is 0.326 e. The number of carboxylic acids is 1. The molecule has 0 saturated carbocycles. The van der Waals surface area contributed by atoms with Gasteiger partial charge in [0.15, 0.2) is 5.69 Å². The summed E-state index contributed by atoms with van der Waals surface area (Å²) in [5.74, 6) is -1.31. The Balaban J connectivity index is 1.91. The molecule has 3 rings (SSSR count). The van der Waals surface area contributed by atoms with E-state index in [4.69, 9.17) is 11.6 Å². The summed E-state index contributed by atoms with van der Waals surface area (Å²) in [4.78, 5) is 25.5. The van der Waals surface area contributed by atoms with Crippen molar-refractivity contribution in [2.75, 3.05) is 6.54 Å². The molecule has 1 aliphatic heterocycles. The second-order valence-electron chi connectivity index (χ2n) is 5.91. The fraction of sp³-hybridized carbons (Fsp3) is 0.353. The predicted molar refractivity (Wildman–Crippen MR) is 89.6 cm³/mol. The number of aliphatic carboxylic acids is 1. The molecule has 2 aromatic rings. The first-order chi connectivity index (χ1) is 11.5. The second kappa shape index (κ2) is 6.65. The third-order valence-electron chi connectivity index (χ3n) is 4.21. The van der Waals surface area contributed by atoms with Gasteiger partial charge in [0.05, 0.1) is 5.69 Å². The summed E-state index contributed by atoms with van der Waals surface area (Å²) in [5, 5.41) is 14.3. The summed E-state index contributed by atoms with van der Waals surface area (Å²) in [6.45, 7) is 2.29. The van der Waals surface area contributed by atoms with E-state index >= 15 is 0 Å². The third-order valence-corrected chi connectivity index (χ3v) is 4.44. The summed E-state index contributed by atoms with van der Waals surface area (Å²) < 4.78 is 1.64. The highest BCUT2D eigenvalue weighted by Gasteiger charge is 2.33. The van der Waals surface area contributed by atoms with Crippen LogP contribution in [0.2, 0.25) is 5.02 Å². The van der Waals surface area contributed by atoms with Crippen molar-refractivity contribution in [3.8, 4) is 5.69 Å². The molecule has 0 radical (unpaired) electrons. The van der Waals surface area contributed by atoms with Gasteiger partial charge in [0.1, 0.15) is 6.04 Å². The van der Waals surface area contributed by atoms with Gasteiger partial charge < -0.3 is 10.0 Å². The molecule has 1 saturated heterocycles. The first kappa shape index (κ1) is 16.5. The standard InChI is InChI=1S/C17H18ClN3O3/c1-11-9-14(19-21(11)13-6-4-5-12(18)10-13)16(22)20-8-3-2-7-15(20)17(23)24/h4-6,9-10,15H,2-3,7-8H2,1H3,(H,23,24). The number of nitrogens with zero attached hydrogens (tertiary/aromatic N) is 3. The number of amides is 1. The number of hydrogen-bond donors (Lipinski definition) is 1. The van der Waals surface area contributed by atoms with E-state index in [2.05, 4.69) is 5.10 Å². The number of hydrogen-bond acceptors (Lipinski definition) is 3. The minimum absolute atomic E-state index is 0.251. The molecule has 1 fully saturated rings. The molecule has 1 aromatic heterocycles.